The van der Waals surface area contributed by atoms with E-state index in [4.69, 9.17) is 5.73 Å². The van der Waals surface area contributed by atoms with E-state index in [0.29, 0.717) is 29.8 Å². The highest BCUT2D eigenvalue weighted by Gasteiger charge is 2.11. The normalized spacial score (nSPS) is 10.0. The summed E-state index contributed by atoms with van der Waals surface area (Å²) in [6, 6.07) is 14.4. The third kappa shape index (κ3) is 4.09. The average molecular weight is 297 g/mol. The average Bonchev–Trinajstić information content (AvgIpc) is 2.54. The van der Waals surface area contributed by atoms with Crippen LogP contribution in [0.3, 0.4) is 0 Å². The van der Waals surface area contributed by atoms with E-state index in [1.54, 1.807) is 31.3 Å². The van der Waals surface area contributed by atoms with E-state index in [2.05, 4.69) is 10.6 Å². The Balaban J connectivity index is 1.97. The lowest BCUT2D eigenvalue weighted by atomic mass is 10.1. The van der Waals surface area contributed by atoms with Crippen molar-refractivity contribution >= 4 is 23.2 Å². The highest BCUT2D eigenvalue weighted by Crippen LogP contribution is 2.15. The summed E-state index contributed by atoms with van der Waals surface area (Å²) in [4.78, 5) is 23.8. The van der Waals surface area contributed by atoms with Gasteiger partial charge in [0.2, 0.25) is 5.91 Å². The van der Waals surface area contributed by atoms with E-state index >= 15 is 0 Å². The smallest absolute Gasteiger partial charge is 0.253 e. The van der Waals surface area contributed by atoms with Crippen molar-refractivity contribution < 1.29 is 9.59 Å². The van der Waals surface area contributed by atoms with Crippen molar-refractivity contribution in [3.8, 4) is 0 Å². The maximum atomic E-state index is 12.0. The lowest BCUT2D eigenvalue weighted by molar-refractivity contribution is -0.116. The molecule has 22 heavy (non-hydrogen) atoms. The third-order valence-electron chi connectivity index (χ3n) is 3.29. The fraction of sp³-hybridized carbons (Fsp3) is 0.176. The SMILES string of the molecule is CNC(=O)c1ccccc1NC(=O)CCc1ccc(N)cc1. The summed E-state index contributed by atoms with van der Waals surface area (Å²) >= 11 is 0. The van der Waals surface area contributed by atoms with E-state index in [9.17, 15) is 9.59 Å². The molecule has 0 bridgehead atoms. The van der Waals surface area contributed by atoms with Crippen LogP contribution in [-0.2, 0) is 11.2 Å². The minimum absolute atomic E-state index is 0.131. The number of nitrogens with one attached hydrogen (secondary N) is 2. The van der Waals surface area contributed by atoms with Gasteiger partial charge in [-0.2, -0.15) is 0 Å². The molecule has 0 aliphatic carbocycles. The van der Waals surface area contributed by atoms with Crippen LogP contribution in [0.4, 0.5) is 11.4 Å². The van der Waals surface area contributed by atoms with Gasteiger partial charge in [-0.05, 0) is 36.2 Å². The summed E-state index contributed by atoms with van der Waals surface area (Å²) in [6.45, 7) is 0. The molecule has 4 N–H and O–H groups in total. The number of carbonyl (C=O) groups is 2. The first-order chi connectivity index (χ1) is 10.6. The van der Waals surface area contributed by atoms with E-state index in [-0.39, 0.29) is 11.8 Å². The first-order valence-electron chi connectivity index (χ1n) is 7.05. The molecule has 2 aromatic rings. The summed E-state index contributed by atoms with van der Waals surface area (Å²) < 4.78 is 0. The molecule has 5 heteroatoms. The Labute approximate surface area is 129 Å². The number of nitrogens with two attached hydrogens (primary N) is 1. The second kappa shape index (κ2) is 7.26. The quantitative estimate of drug-likeness (QED) is 0.740. The van der Waals surface area contributed by atoms with Gasteiger partial charge in [0.25, 0.3) is 5.91 Å². The monoisotopic (exact) mass is 297 g/mol. The molecule has 0 aliphatic rings. The van der Waals surface area contributed by atoms with E-state index in [0.717, 1.165) is 5.56 Å². The number of hydrogen-bond donors (Lipinski definition) is 3. The molecule has 0 atom stereocenters. The molecule has 5 nitrogen and oxygen atoms in total. The molecule has 0 aromatic heterocycles. The van der Waals surface area contributed by atoms with Gasteiger partial charge in [0.05, 0.1) is 11.3 Å². The van der Waals surface area contributed by atoms with Crippen LogP contribution in [0, 0.1) is 0 Å². The highest BCUT2D eigenvalue weighted by atomic mass is 16.2. The Morgan fingerprint density at radius 3 is 2.41 bits per heavy atom. The van der Waals surface area contributed by atoms with E-state index in [1.807, 2.05) is 24.3 Å². The third-order valence-corrected chi connectivity index (χ3v) is 3.29. The van der Waals surface area contributed by atoms with Gasteiger partial charge >= 0.3 is 0 Å². The number of hydrogen-bond acceptors (Lipinski definition) is 3. The fourth-order valence-corrected chi connectivity index (χ4v) is 2.08. The molecule has 2 aromatic carbocycles. The van der Waals surface area contributed by atoms with Crippen LogP contribution in [0.25, 0.3) is 0 Å². The largest absolute Gasteiger partial charge is 0.399 e. The maximum Gasteiger partial charge on any atom is 0.253 e. The van der Waals surface area contributed by atoms with Crippen molar-refractivity contribution in [2.75, 3.05) is 18.1 Å². The van der Waals surface area contributed by atoms with Gasteiger partial charge in [0.1, 0.15) is 0 Å². The molecule has 0 unspecified atom stereocenters. The molecular weight excluding hydrogens is 278 g/mol. The number of carbonyl (C=O) groups excluding carboxylic acids is 2. The van der Waals surface area contributed by atoms with Gasteiger partial charge in [-0.1, -0.05) is 24.3 Å². The van der Waals surface area contributed by atoms with Gasteiger partial charge in [-0.25, -0.2) is 0 Å². The molecule has 2 rings (SSSR count). The second-order valence-electron chi connectivity index (χ2n) is 4.91. The lowest BCUT2D eigenvalue weighted by Crippen LogP contribution is -2.21. The Morgan fingerprint density at radius 2 is 1.73 bits per heavy atom. The highest BCUT2D eigenvalue weighted by molar-refractivity contribution is 6.03. The summed E-state index contributed by atoms with van der Waals surface area (Å²) in [5, 5.41) is 5.34. The van der Waals surface area contributed by atoms with Crippen LogP contribution < -0.4 is 16.4 Å². The predicted molar refractivity (Wildman–Crippen MR) is 87.6 cm³/mol. The second-order valence-corrected chi connectivity index (χ2v) is 4.91. The van der Waals surface area contributed by atoms with Crippen molar-refractivity contribution in [3.63, 3.8) is 0 Å². The molecule has 114 valence electrons. The summed E-state index contributed by atoms with van der Waals surface area (Å²) in [6.07, 6.45) is 0.959. The van der Waals surface area contributed by atoms with Crippen molar-refractivity contribution in [2.45, 2.75) is 12.8 Å². The first kappa shape index (κ1) is 15.6. The van der Waals surface area contributed by atoms with Gasteiger partial charge in [-0.3, -0.25) is 9.59 Å². The van der Waals surface area contributed by atoms with Gasteiger partial charge in [-0.15, -0.1) is 0 Å². The lowest BCUT2D eigenvalue weighted by Gasteiger charge is -2.10. The molecule has 2 amide bonds. The zero-order chi connectivity index (χ0) is 15.9. The van der Waals surface area contributed by atoms with Gasteiger partial charge in [0.15, 0.2) is 0 Å². The van der Waals surface area contributed by atoms with Gasteiger partial charge < -0.3 is 16.4 Å². The molecule has 0 heterocycles. The van der Waals surface area contributed by atoms with Crippen LogP contribution >= 0.6 is 0 Å². The molecular formula is C17H19N3O2. The zero-order valence-electron chi connectivity index (χ0n) is 12.4. The minimum Gasteiger partial charge on any atom is -0.399 e. The summed E-state index contributed by atoms with van der Waals surface area (Å²) in [5.74, 6) is -0.359. The molecule has 0 aliphatic heterocycles. The number of nitrogen functional groups attached to an aromatic ring is 1. The van der Waals surface area contributed by atoms with Crippen molar-refractivity contribution in [1.29, 1.82) is 0 Å². The fourth-order valence-electron chi connectivity index (χ4n) is 2.08. The molecule has 0 spiro atoms. The van der Waals surface area contributed by atoms with Crippen LogP contribution in [0.2, 0.25) is 0 Å². The maximum absolute atomic E-state index is 12.0. The number of benzene rings is 2. The number of para-hydroxylation sites is 1. The Morgan fingerprint density at radius 1 is 1.05 bits per heavy atom. The molecule has 0 saturated heterocycles. The van der Waals surface area contributed by atoms with Crippen LogP contribution in [0.5, 0.6) is 0 Å². The van der Waals surface area contributed by atoms with Gasteiger partial charge in [0, 0.05) is 19.2 Å². The number of amides is 2. The predicted octanol–water partition coefficient (Wildman–Crippen LogP) is 2.20. The molecule has 0 radical (unpaired) electrons. The zero-order valence-corrected chi connectivity index (χ0v) is 12.4. The van der Waals surface area contributed by atoms with Crippen molar-refractivity contribution in [3.05, 3.63) is 59.7 Å². The molecule has 0 saturated carbocycles. The Bertz CT molecular complexity index is 666. The number of anilines is 2. The van der Waals surface area contributed by atoms with E-state index in [1.165, 1.54) is 0 Å². The van der Waals surface area contributed by atoms with Crippen LogP contribution in [-0.4, -0.2) is 18.9 Å². The molecule has 0 fully saturated rings. The van der Waals surface area contributed by atoms with Crippen LogP contribution in [0.1, 0.15) is 22.3 Å². The topological polar surface area (TPSA) is 84.2 Å². The Kier molecular flexibility index (Phi) is 5.14. The first-order valence-corrected chi connectivity index (χ1v) is 7.05. The number of aryl methyl sites for hydroxylation is 1. The van der Waals surface area contributed by atoms with E-state index < -0.39 is 0 Å². The minimum atomic E-state index is -0.227. The summed E-state index contributed by atoms with van der Waals surface area (Å²) in [7, 11) is 1.56. The van der Waals surface area contributed by atoms with Crippen molar-refractivity contribution in [2.24, 2.45) is 0 Å². The van der Waals surface area contributed by atoms with Crippen molar-refractivity contribution in [1.82, 2.24) is 5.32 Å². The summed E-state index contributed by atoms with van der Waals surface area (Å²) in [5.41, 5.74) is 8.34. The van der Waals surface area contributed by atoms with Crippen LogP contribution in [0.15, 0.2) is 48.5 Å². The standard InChI is InChI=1S/C17H19N3O2/c1-19-17(22)14-4-2-3-5-15(14)20-16(21)11-8-12-6-9-13(18)10-7-12/h2-7,9-10H,8,11,18H2,1H3,(H,19,22)(H,20,21). The number of rotatable bonds is 5. The Hall–Kier alpha value is -2.82.